The highest BCUT2D eigenvalue weighted by molar-refractivity contribution is 5.75. The van der Waals surface area contributed by atoms with Gasteiger partial charge in [0.05, 0.1) is 38.1 Å². The van der Waals surface area contributed by atoms with E-state index in [0.717, 1.165) is 28.5 Å². The molecule has 0 saturated carbocycles. The number of ether oxygens (including phenoxy) is 4. The van der Waals surface area contributed by atoms with E-state index in [9.17, 15) is 4.79 Å². The summed E-state index contributed by atoms with van der Waals surface area (Å²) >= 11 is 0. The van der Waals surface area contributed by atoms with Crippen LogP contribution in [0.3, 0.4) is 0 Å². The Kier molecular flexibility index (Phi) is 8.61. The molecule has 178 valence electrons. The number of benzene rings is 3. The van der Waals surface area contributed by atoms with Gasteiger partial charge < -0.3 is 18.9 Å². The van der Waals surface area contributed by atoms with Gasteiger partial charge in [-0.25, -0.2) is 0 Å². The molecule has 4 atom stereocenters. The molecule has 4 rings (SSSR count). The lowest BCUT2D eigenvalue weighted by Gasteiger charge is -2.40. The van der Waals surface area contributed by atoms with E-state index in [1.165, 1.54) is 0 Å². The molecule has 0 aliphatic carbocycles. The topological polar surface area (TPSA) is 54.0 Å². The molecule has 3 aromatic carbocycles. The second kappa shape index (κ2) is 12.0. The number of methoxy groups -OCH3 is 1. The maximum atomic E-state index is 11.5. The summed E-state index contributed by atoms with van der Waals surface area (Å²) in [6.07, 6.45) is 0.725. The Hall–Kier alpha value is -2.83. The quantitative estimate of drug-likeness (QED) is 0.365. The standard InChI is InChI=1S/C29H32O5/c1-21-29(33-20-23-11-7-4-8-12-23)28(32-19-22-9-5-3-6-10-22)16-27(34-21)26-14-24(17-30)13-25(15-26)18-31-2/h3-15,17,21,27-29H,16,18-20H2,1-2H3/t21?,27?,28?,29-/m1/s1. The molecule has 0 bridgehead atoms. The van der Waals surface area contributed by atoms with Crippen LogP contribution in [-0.2, 0) is 38.8 Å². The maximum Gasteiger partial charge on any atom is 0.150 e. The fraction of sp³-hybridized carbons (Fsp3) is 0.345. The van der Waals surface area contributed by atoms with Gasteiger partial charge in [-0.2, -0.15) is 0 Å². The van der Waals surface area contributed by atoms with Gasteiger partial charge in [0, 0.05) is 19.1 Å². The Labute approximate surface area is 201 Å². The number of hydrogen-bond donors (Lipinski definition) is 0. The van der Waals surface area contributed by atoms with E-state index in [1.807, 2.05) is 61.5 Å². The first-order valence-corrected chi connectivity index (χ1v) is 11.7. The minimum atomic E-state index is -0.215. The first kappa shape index (κ1) is 24.3. The van der Waals surface area contributed by atoms with Gasteiger partial charge in [0.15, 0.2) is 0 Å². The van der Waals surface area contributed by atoms with Gasteiger partial charge in [-0.3, -0.25) is 4.79 Å². The molecule has 0 amide bonds. The highest BCUT2D eigenvalue weighted by Gasteiger charge is 2.39. The third kappa shape index (κ3) is 6.39. The van der Waals surface area contributed by atoms with Crippen molar-refractivity contribution < 1.29 is 23.7 Å². The third-order valence-corrected chi connectivity index (χ3v) is 6.10. The molecular weight excluding hydrogens is 428 g/mol. The van der Waals surface area contributed by atoms with Crippen LogP contribution in [0.15, 0.2) is 78.9 Å². The van der Waals surface area contributed by atoms with Crippen LogP contribution in [0.5, 0.6) is 0 Å². The summed E-state index contributed by atoms with van der Waals surface area (Å²) in [5, 5.41) is 0. The summed E-state index contributed by atoms with van der Waals surface area (Å²) in [4.78, 5) is 11.5. The van der Waals surface area contributed by atoms with Crippen molar-refractivity contribution in [2.45, 2.75) is 57.6 Å². The summed E-state index contributed by atoms with van der Waals surface area (Å²) in [6.45, 7) is 3.46. The highest BCUT2D eigenvalue weighted by atomic mass is 16.6. The molecule has 1 heterocycles. The Morgan fingerprint density at radius 3 is 2.12 bits per heavy atom. The van der Waals surface area contributed by atoms with Gasteiger partial charge >= 0.3 is 0 Å². The van der Waals surface area contributed by atoms with E-state index in [0.29, 0.717) is 31.8 Å². The minimum Gasteiger partial charge on any atom is -0.380 e. The predicted octanol–water partition coefficient (Wildman–Crippen LogP) is 5.67. The van der Waals surface area contributed by atoms with E-state index in [4.69, 9.17) is 18.9 Å². The van der Waals surface area contributed by atoms with Crippen molar-refractivity contribution in [1.29, 1.82) is 0 Å². The van der Waals surface area contributed by atoms with Crippen molar-refractivity contribution in [2.24, 2.45) is 0 Å². The third-order valence-electron chi connectivity index (χ3n) is 6.10. The van der Waals surface area contributed by atoms with Crippen LogP contribution in [0.4, 0.5) is 0 Å². The zero-order valence-corrected chi connectivity index (χ0v) is 19.8. The number of carbonyl (C=O) groups is 1. The van der Waals surface area contributed by atoms with Crippen molar-refractivity contribution in [2.75, 3.05) is 7.11 Å². The minimum absolute atomic E-state index is 0.163. The Morgan fingerprint density at radius 2 is 1.50 bits per heavy atom. The van der Waals surface area contributed by atoms with Crippen molar-refractivity contribution in [3.8, 4) is 0 Å². The average molecular weight is 461 g/mol. The summed E-state index contributed by atoms with van der Waals surface area (Å²) in [5.74, 6) is 0. The van der Waals surface area contributed by atoms with Crippen molar-refractivity contribution in [1.82, 2.24) is 0 Å². The van der Waals surface area contributed by atoms with Gasteiger partial charge in [0.25, 0.3) is 0 Å². The van der Waals surface area contributed by atoms with Crippen LogP contribution in [-0.4, -0.2) is 31.7 Å². The van der Waals surface area contributed by atoms with Gasteiger partial charge in [0.1, 0.15) is 12.4 Å². The Morgan fingerprint density at radius 1 is 0.853 bits per heavy atom. The van der Waals surface area contributed by atoms with Crippen molar-refractivity contribution >= 4 is 6.29 Å². The molecule has 1 aliphatic rings. The van der Waals surface area contributed by atoms with E-state index in [1.54, 1.807) is 7.11 Å². The first-order valence-electron chi connectivity index (χ1n) is 11.7. The zero-order valence-electron chi connectivity index (χ0n) is 19.8. The lowest BCUT2D eigenvalue weighted by atomic mass is 9.92. The van der Waals surface area contributed by atoms with E-state index in [2.05, 4.69) is 24.3 Å². The summed E-state index contributed by atoms with van der Waals surface area (Å²) in [6, 6.07) is 26.1. The fourth-order valence-electron chi connectivity index (χ4n) is 4.45. The summed E-state index contributed by atoms with van der Waals surface area (Å²) in [5.41, 5.74) is 4.75. The number of aldehydes is 1. The van der Waals surface area contributed by atoms with E-state index >= 15 is 0 Å². The second-order valence-electron chi connectivity index (χ2n) is 8.72. The molecule has 0 spiro atoms. The van der Waals surface area contributed by atoms with Crippen LogP contribution in [0.1, 0.15) is 52.1 Å². The number of carbonyl (C=O) groups excluding carboxylic acids is 1. The SMILES string of the molecule is COCc1cc(C=O)cc(C2CC(OCc3ccccc3)[C@H](OCc3ccccc3)C(C)O2)c1. The molecule has 1 fully saturated rings. The predicted molar refractivity (Wildman–Crippen MR) is 130 cm³/mol. The van der Waals surface area contributed by atoms with Crippen LogP contribution >= 0.6 is 0 Å². The molecule has 3 aromatic rings. The number of rotatable bonds is 10. The number of hydrogen-bond acceptors (Lipinski definition) is 5. The van der Waals surface area contributed by atoms with Crippen molar-refractivity contribution in [3.63, 3.8) is 0 Å². The molecular formula is C29H32O5. The molecule has 3 unspecified atom stereocenters. The largest absolute Gasteiger partial charge is 0.380 e. The monoisotopic (exact) mass is 460 g/mol. The summed E-state index contributed by atoms with van der Waals surface area (Å²) < 4.78 is 24.5. The average Bonchev–Trinajstić information content (AvgIpc) is 2.88. The molecule has 0 radical (unpaired) electrons. The molecule has 5 nitrogen and oxygen atoms in total. The first-order chi connectivity index (χ1) is 16.7. The summed E-state index contributed by atoms with van der Waals surface area (Å²) in [7, 11) is 1.65. The normalized spacial score (nSPS) is 22.4. The molecule has 0 aromatic heterocycles. The van der Waals surface area contributed by atoms with E-state index in [-0.39, 0.29) is 24.4 Å². The lowest BCUT2D eigenvalue weighted by molar-refractivity contribution is -0.204. The molecule has 1 aliphatic heterocycles. The molecule has 0 N–H and O–H groups in total. The lowest BCUT2D eigenvalue weighted by Crippen LogP contribution is -2.47. The molecule has 5 heteroatoms. The van der Waals surface area contributed by atoms with Gasteiger partial charge in [-0.05, 0) is 41.3 Å². The van der Waals surface area contributed by atoms with E-state index < -0.39 is 0 Å². The molecule has 1 saturated heterocycles. The van der Waals surface area contributed by atoms with Crippen LogP contribution in [0, 0.1) is 0 Å². The van der Waals surface area contributed by atoms with Crippen LogP contribution in [0.25, 0.3) is 0 Å². The van der Waals surface area contributed by atoms with Gasteiger partial charge in [-0.1, -0.05) is 66.7 Å². The fourth-order valence-corrected chi connectivity index (χ4v) is 4.45. The van der Waals surface area contributed by atoms with Crippen molar-refractivity contribution in [3.05, 3.63) is 107 Å². The maximum absolute atomic E-state index is 11.5. The van der Waals surface area contributed by atoms with Gasteiger partial charge in [0.2, 0.25) is 0 Å². The highest BCUT2D eigenvalue weighted by Crippen LogP contribution is 2.36. The Balaban J connectivity index is 1.54. The van der Waals surface area contributed by atoms with Crippen LogP contribution in [0.2, 0.25) is 0 Å². The van der Waals surface area contributed by atoms with Crippen LogP contribution < -0.4 is 0 Å². The smallest absolute Gasteiger partial charge is 0.150 e. The Bertz CT molecular complexity index is 1040. The zero-order chi connectivity index (χ0) is 23.8. The second-order valence-corrected chi connectivity index (χ2v) is 8.72. The van der Waals surface area contributed by atoms with Gasteiger partial charge in [-0.15, -0.1) is 0 Å². The molecule has 34 heavy (non-hydrogen) atoms.